The van der Waals surface area contributed by atoms with Crippen LogP contribution in [-0.4, -0.2) is 33.3 Å². The van der Waals surface area contributed by atoms with Gasteiger partial charge in [-0.25, -0.2) is 9.50 Å². The van der Waals surface area contributed by atoms with Crippen molar-refractivity contribution in [3.05, 3.63) is 42.7 Å². The van der Waals surface area contributed by atoms with Gasteiger partial charge in [0.2, 0.25) is 0 Å². The van der Waals surface area contributed by atoms with E-state index in [0.717, 1.165) is 41.9 Å². The first-order chi connectivity index (χ1) is 16.6. The molecule has 2 aromatic heterocycles. The SMILES string of the molecule is CCOc1ccc(N(c2cc(N)c3nccn3n2)C2CCC(CC3CCC(N)CC3)CC2)cc1. The lowest BCUT2D eigenvalue weighted by Crippen LogP contribution is -2.36. The lowest BCUT2D eigenvalue weighted by Gasteiger charge is -2.39. The third-order valence-electron chi connectivity index (χ3n) is 7.79. The summed E-state index contributed by atoms with van der Waals surface area (Å²) in [5.41, 5.74) is 15.0. The second kappa shape index (κ2) is 10.2. The Morgan fingerprint density at radius 2 is 1.68 bits per heavy atom. The molecule has 2 aliphatic rings. The highest BCUT2D eigenvalue weighted by molar-refractivity contribution is 5.71. The van der Waals surface area contributed by atoms with Crippen molar-refractivity contribution in [1.82, 2.24) is 14.6 Å². The Morgan fingerprint density at radius 1 is 1.00 bits per heavy atom. The maximum atomic E-state index is 6.37. The van der Waals surface area contributed by atoms with E-state index in [4.69, 9.17) is 21.3 Å². The first-order valence-corrected chi connectivity index (χ1v) is 13.0. The van der Waals surface area contributed by atoms with E-state index in [1.54, 1.807) is 10.7 Å². The van der Waals surface area contributed by atoms with Gasteiger partial charge in [0.25, 0.3) is 0 Å². The molecule has 0 amide bonds. The van der Waals surface area contributed by atoms with Crippen LogP contribution in [-0.2, 0) is 0 Å². The second-order valence-electron chi connectivity index (χ2n) is 10.1. The third-order valence-corrected chi connectivity index (χ3v) is 7.79. The lowest BCUT2D eigenvalue weighted by atomic mass is 9.75. The maximum Gasteiger partial charge on any atom is 0.176 e. The summed E-state index contributed by atoms with van der Waals surface area (Å²) in [7, 11) is 0. The largest absolute Gasteiger partial charge is 0.494 e. The molecule has 4 N–H and O–H groups in total. The molecular formula is C27H38N6O. The third kappa shape index (κ3) is 4.99. The standard InChI is InChI=1S/C27H38N6O/c1-2-34-24-13-11-23(12-14-24)33(26-18-25(29)27-30-15-16-32(27)31-26)22-9-5-20(6-10-22)17-19-3-7-21(28)8-4-19/h11-16,18-22H,2-10,17,28-29H2,1H3. The monoisotopic (exact) mass is 462 g/mol. The van der Waals surface area contributed by atoms with Crippen LogP contribution in [0.25, 0.3) is 5.65 Å². The molecule has 0 bridgehead atoms. The van der Waals surface area contributed by atoms with Crippen LogP contribution in [0.5, 0.6) is 5.75 Å². The fourth-order valence-electron chi connectivity index (χ4n) is 5.98. The van der Waals surface area contributed by atoms with Gasteiger partial charge in [-0.1, -0.05) is 0 Å². The quantitative estimate of drug-likeness (QED) is 0.494. The second-order valence-corrected chi connectivity index (χ2v) is 10.1. The predicted octanol–water partition coefficient (Wildman–Crippen LogP) is 5.31. The number of nitrogens with two attached hydrogens (primary N) is 2. The highest BCUT2D eigenvalue weighted by Crippen LogP contribution is 2.40. The van der Waals surface area contributed by atoms with E-state index in [0.29, 0.717) is 30.0 Å². The number of hydrogen-bond donors (Lipinski definition) is 2. The average molecular weight is 463 g/mol. The summed E-state index contributed by atoms with van der Waals surface area (Å²) < 4.78 is 7.46. The van der Waals surface area contributed by atoms with Crippen molar-refractivity contribution < 1.29 is 4.74 Å². The molecule has 0 saturated heterocycles. The van der Waals surface area contributed by atoms with Gasteiger partial charge in [-0.05, 0) is 101 Å². The Balaban J connectivity index is 1.35. The maximum absolute atomic E-state index is 6.37. The first kappa shape index (κ1) is 23.0. The summed E-state index contributed by atoms with van der Waals surface area (Å²) >= 11 is 0. The molecule has 0 atom stereocenters. The zero-order valence-corrected chi connectivity index (χ0v) is 20.3. The van der Waals surface area contributed by atoms with Crippen molar-refractivity contribution in [3.63, 3.8) is 0 Å². The number of anilines is 3. The van der Waals surface area contributed by atoms with Crippen molar-refractivity contribution in [2.24, 2.45) is 17.6 Å². The van der Waals surface area contributed by atoms with Gasteiger partial charge in [-0.15, -0.1) is 5.10 Å². The number of nitrogen functional groups attached to an aromatic ring is 1. The van der Waals surface area contributed by atoms with Crippen LogP contribution in [0.4, 0.5) is 17.2 Å². The molecule has 2 aliphatic carbocycles. The Bertz CT molecular complexity index is 1060. The van der Waals surface area contributed by atoms with E-state index in [9.17, 15) is 0 Å². The van der Waals surface area contributed by atoms with Gasteiger partial charge in [0.05, 0.1) is 12.3 Å². The fraction of sp³-hybridized carbons (Fsp3) is 0.556. The summed E-state index contributed by atoms with van der Waals surface area (Å²) in [5.74, 6) is 3.46. The zero-order chi connectivity index (χ0) is 23.5. The van der Waals surface area contributed by atoms with E-state index in [1.165, 1.54) is 44.9 Å². The first-order valence-electron chi connectivity index (χ1n) is 13.0. The minimum atomic E-state index is 0.391. The molecule has 1 aromatic carbocycles. The number of hydrogen-bond acceptors (Lipinski definition) is 6. The highest BCUT2D eigenvalue weighted by Gasteiger charge is 2.30. The van der Waals surface area contributed by atoms with Crippen LogP contribution < -0.4 is 21.1 Å². The van der Waals surface area contributed by atoms with Gasteiger partial charge < -0.3 is 21.1 Å². The van der Waals surface area contributed by atoms with Crippen LogP contribution in [0.2, 0.25) is 0 Å². The molecule has 182 valence electrons. The molecule has 0 unspecified atom stereocenters. The summed E-state index contributed by atoms with van der Waals surface area (Å²) in [6.45, 7) is 2.67. The van der Waals surface area contributed by atoms with Gasteiger partial charge >= 0.3 is 0 Å². The van der Waals surface area contributed by atoms with E-state index < -0.39 is 0 Å². The molecule has 2 heterocycles. The zero-order valence-electron chi connectivity index (χ0n) is 20.3. The average Bonchev–Trinajstić information content (AvgIpc) is 3.33. The van der Waals surface area contributed by atoms with Gasteiger partial charge in [-0.2, -0.15) is 0 Å². The van der Waals surface area contributed by atoms with Gasteiger partial charge in [0, 0.05) is 36.2 Å². The Morgan fingerprint density at radius 3 is 2.35 bits per heavy atom. The molecule has 34 heavy (non-hydrogen) atoms. The fourth-order valence-corrected chi connectivity index (χ4v) is 5.98. The van der Waals surface area contributed by atoms with Crippen molar-refractivity contribution in [2.75, 3.05) is 17.2 Å². The van der Waals surface area contributed by atoms with Crippen molar-refractivity contribution in [1.29, 1.82) is 0 Å². The van der Waals surface area contributed by atoms with E-state index in [-0.39, 0.29) is 0 Å². The number of rotatable bonds is 7. The summed E-state index contributed by atoms with van der Waals surface area (Å²) in [4.78, 5) is 6.71. The number of fused-ring (bicyclic) bond motifs is 1. The van der Waals surface area contributed by atoms with Gasteiger partial charge in [0.15, 0.2) is 11.5 Å². The number of imidazole rings is 1. The molecule has 0 radical (unpaired) electrons. The number of aromatic nitrogens is 3. The Kier molecular flexibility index (Phi) is 6.90. The summed E-state index contributed by atoms with van der Waals surface area (Å²) in [6.07, 6.45) is 14.9. The minimum Gasteiger partial charge on any atom is -0.494 e. The molecule has 2 saturated carbocycles. The van der Waals surface area contributed by atoms with Crippen LogP contribution in [0.3, 0.4) is 0 Å². The van der Waals surface area contributed by atoms with E-state index in [2.05, 4.69) is 22.0 Å². The van der Waals surface area contributed by atoms with Crippen molar-refractivity contribution in [3.8, 4) is 5.75 Å². The van der Waals surface area contributed by atoms with Crippen molar-refractivity contribution in [2.45, 2.75) is 76.8 Å². The highest BCUT2D eigenvalue weighted by atomic mass is 16.5. The Hall–Kier alpha value is -2.80. The van der Waals surface area contributed by atoms with Gasteiger partial charge in [0.1, 0.15) is 5.75 Å². The van der Waals surface area contributed by atoms with Crippen LogP contribution in [0.1, 0.15) is 64.7 Å². The summed E-state index contributed by atoms with van der Waals surface area (Å²) in [5, 5.41) is 4.88. The molecule has 2 fully saturated rings. The van der Waals surface area contributed by atoms with Crippen LogP contribution in [0, 0.1) is 11.8 Å². The Labute approximate surface area is 202 Å². The molecular weight excluding hydrogens is 424 g/mol. The van der Waals surface area contributed by atoms with E-state index in [1.807, 2.05) is 31.3 Å². The number of ether oxygens (including phenoxy) is 1. The van der Waals surface area contributed by atoms with Crippen LogP contribution in [0.15, 0.2) is 42.7 Å². The summed E-state index contributed by atoms with van der Waals surface area (Å²) in [6, 6.07) is 11.2. The molecule has 3 aromatic rings. The number of benzene rings is 1. The predicted molar refractivity (Wildman–Crippen MR) is 137 cm³/mol. The lowest BCUT2D eigenvalue weighted by molar-refractivity contribution is 0.225. The van der Waals surface area contributed by atoms with Crippen molar-refractivity contribution >= 4 is 22.8 Å². The molecule has 0 aliphatic heterocycles. The topological polar surface area (TPSA) is 94.7 Å². The minimum absolute atomic E-state index is 0.391. The molecule has 0 spiro atoms. The molecule has 7 heteroatoms. The number of nitrogens with zero attached hydrogens (tertiary/aromatic N) is 4. The normalized spacial score (nSPS) is 25.4. The smallest absolute Gasteiger partial charge is 0.176 e. The molecule has 5 rings (SSSR count). The van der Waals surface area contributed by atoms with Gasteiger partial charge in [-0.3, -0.25) is 0 Å². The molecule has 7 nitrogen and oxygen atoms in total. The van der Waals surface area contributed by atoms with Crippen LogP contribution >= 0.6 is 0 Å². The van der Waals surface area contributed by atoms with E-state index >= 15 is 0 Å².